The lowest BCUT2D eigenvalue weighted by molar-refractivity contribution is -0.171. The molecule has 0 amide bonds. The number of hydrogen-bond donors (Lipinski definition) is 0. The average molecular weight is 441 g/mol. The van der Waals surface area contributed by atoms with Gasteiger partial charge in [-0.1, -0.05) is 53.2 Å². The van der Waals surface area contributed by atoms with Crippen molar-refractivity contribution in [3.8, 4) is 0 Å². The molecular weight excluding hydrogens is 392 g/mol. The van der Waals surface area contributed by atoms with Crippen LogP contribution in [0.5, 0.6) is 0 Å². The third kappa shape index (κ3) is 3.03. The molecule has 0 aromatic heterocycles. The van der Waals surface area contributed by atoms with Gasteiger partial charge in [0.05, 0.1) is 6.10 Å². The first-order chi connectivity index (χ1) is 15.0. The van der Waals surface area contributed by atoms with E-state index in [2.05, 4.69) is 47.6 Å². The minimum atomic E-state index is 0.255. The molecule has 9 atom stereocenters. The Labute approximate surface area is 197 Å². The summed E-state index contributed by atoms with van der Waals surface area (Å²) >= 11 is 0. The van der Waals surface area contributed by atoms with Gasteiger partial charge in [0.15, 0.2) is 0 Å². The lowest BCUT2D eigenvalue weighted by Crippen LogP contribution is -2.58. The summed E-state index contributed by atoms with van der Waals surface area (Å²) < 4.78 is 6.02. The van der Waals surface area contributed by atoms with E-state index in [4.69, 9.17) is 4.74 Å². The van der Waals surface area contributed by atoms with E-state index in [1.165, 1.54) is 51.4 Å². The minimum absolute atomic E-state index is 0.255. The second-order valence-corrected chi connectivity index (χ2v) is 14.0. The van der Waals surface area contributed by atoms with Gasteiger partial charge in [0.25, 0.3) is 0 Å². The van der Waals surface area contributed by atoms with E-state index < -0.39 is 0 Å². The molecule has 2 nitrogen and oxygen atoms in total. The van der Waals surface area contributed by atoms with E-state index in [1.54, 1.807) is 5.57 Å². The Bertz CT molecular complexity index is 810. The molecule has 5 rings (SSSR count). The van der Waals surface area contributed by atoms with Gasteiger partial charge in [0, 0.05) is 19.4 Å². The molecule has 0 aromatic carbocycles. The Hall–Kier alpha value is -0.630. The lowest BCUT2D eigenvalue weighted by Gasteiger charge is -2.63. The van der Waals surface area contributed by atoms with Crippen LogP contribution >= 0.6 is 0 Å². The third-order valence-corrected chi connectivity index (χ3v) is 12.4. The van der Waals surface area contributed by atoms with E-state index in [-0.39, 0.29) is 11.3 Å². The van der Waals surface area contributed by atoms with Crippen LogP contribution in [0.3, 0.4) is 0 Å². The fourth-order valence-electron chi connectivity index (χ4n) is 10.8. The predicted molar refractivity (Wildman–Crippen MR) is 131 cm³/mol. The summed E-state index contributed by atoms with van der Waals surface area (Å²) in [6.07, 6.45) is 15.5. The molecule has 0 radical (unpaired) electrons. The van der Waals surface area contributed by atoms with Crippen molar-refractivity contribution in [3.63, 3.8) is 0 Å². The molecule has 0 heterocycles. The van der Waals surface area contributed by atoms with Gasteiger partial charge in [-0.25, -0.2) is 0 Å². The standard InChI is InChI=1S/C30H48O2/c1-19-21-9-8-20-18-28(4)15-13-24-27(2,3)26(32-7)14-17-30(24,6)25(28)11-10-22(20)29(21,5)16-12-23(19)31/h18-19,21-22,24-26H,8-17H2,1-7H3/t19-,21-,22-,24-,25-,26-,28-,29-,30-/m0/s1. The highest BCUT2D eigenvalue weighted by Crippen LogP contribution is 2.68. The molecule has 0 spiro atoms. The summed E-state index contributed by atoms with van der Waals surface area (Å²) in [5.41, 5.74) is 3.11. The molecule has 0 unspecified atom stereocenters. The Morgan fingerprint density at radius 3 is 2.31 bits per heavy atom. The maximum absolute atomic E-state index is 12.6. The summed E-state index contributed by atoms with van der Waals surface area (Å²) in [4.78, 5) is 12.6. The summed E-state index contributed by atoms with van der Waals surface area (Å²) in [6.45, 7) is 15.1. The summed E-state index contributed by atoms with van der Waals surface area (Å²) in [5.74, 6) is 3.61. The van der Waals surface area contributed by atoms with Crippen molar-refractivity contribution < 1.29 is 9.53 Å². The van der Waals surface area contributed by atoms with Gasteiger partial charge < -0.3 is 4.74 Å². The maximum Gasteiger partial charge on any atom is 0.136 e. The normalized spacial score (nSPS) is 52.6. The van der Waals surface area contributed by atoms with Crippen LogP contribution in [0.2, 0.25) is 0 Å². The van der Waals surface area contributed by atoms with Crippen LogP contribution < -0.4 is 0 Å². The van der Waals surface area contributed by atoms with Crippen molar-refractivity contribution in [1.29, 1.82) is 0 Å². The first-order valence-corrected chi connectivity index (χ1v) is 13.7. The van der Waals surface area contributed by atoms with Crippen molar-refractivity contribution in [3.05, 3.63) is 11.6 Å². The number of ether oxygens (including phenoxy) is 1. The summed E-state index contributed by atoms with van der Waals surface area (Å²) in [6, 6.07) is 0. The second-order valence-electron chi connectivity index (χ2n) is 14.0. The number of methoxy groups -OCH3 is 1. The Balaban J connectivity index is 1.50. The predicted octanol–water partition coefficient (Wildman–Crippen LogP) is 7.61. The van der Waals surface area contributed by atoms with Crippen LogP contribution in [0, 0.1) is 51.2 Å². The fraction of sp³-hybridized carbons (Fsp3) is 0.900. The number of Topliss-reactive ketones (excluding diaryl/α,β-unsaturated/α-hetero) is 1. The zero-order valence-electron chi connectivity index (χ0n) is 21.9. The molecule has 5 aliphatic rings. The molecular formula is C30H48O2. The topological polar surface area (TPSA) is 26.3 Å². The van der Waals surface area contributed by atoms with Crippen LogP contribution in [0.15, 0.2) is 11.6 Å². The monoisotopic (exact) mass is 440 g/mol. The van der Waals surface area contributed by atoms with Gasteiger partial charge in [-0.2, -0.15) is 0 Å². The molecule has 32 heavy (non-hydrogen) atoms. The SMILES string of the molecule is CO[C@H]1CC[C@]2(C)[C@H]3CC[C@H]4C(=C[C@]3(C)CC[C@H]2C1(C)C)CC[C@H]1[C@H](C)C(=O)CC[C@]41C. The van der Waals surface area contributed by atoms with E-state index in [9.17, 15) is 4.79 Å². The Kier molecular flexibility index (Phi) is 5.37. The van der Waals surface area contributed by atoms with Crippen molar-refractivity contribution in [2.45, 2.75) is 112 Å². The maximum atomic E-state index is 12.6. The van der Waals surface area contributed by atoms with E-state index in [0.717, 1.165) is 24.7 Å². The van der Waals surface area contributed by atoms with Crippen molar-refractivity contribution in [2.75, 3.05) is 7.11 Å². The highest BCUT2D eigenvalue weighted by atomic mass is 16.5. The number of carbonyl (C=O) groups is 1. The molecule has 5 aliphatic carbocycles. The molecule has 4 saturated carbocycles. The molecule has 2 heteroatoms. The van der Waals surface area contributed by atoms with Crippen LogP contribution in [-0.2, 0) is 9.53 Å². The van der Waals surface area contributed by atoms with Crippen LogP contribution in [0.4, 0.5) is 0 Å². The van der Waals surface area contributed by atoms with Crippen LogP contribution in [0.25, 0.3) is 0 Å². The number of carbonyl (C=O) groups excluding carboxylic acids is 1. The first-order valence-electron chi connectivity index (χ1n) is 13.7. The van der Waals surface area contributed by atoms with Crippen LogP contribution in [0.1, 0.15) is 106 Å². The van der Waals surface area contributed by atoms with Gasteiger partial charge in [-0.15, -0.1) is 0 Å². The molecule has 4 fully saturated rings. The van der Waals surface area contributed by atoms with Gasteiger partial charge in [-0.05, 0) is 103 Å². The van der Waals surface area contributed by atoms with E-state index in [0.29, 0.717) is 40.0 Å². The fourth-order valence-corrected chi connectivity index (χ4v) is 10.8. The van der Waals surface area contributed by atoms with Crippen molar-refractivity contribution >= 4 is 5.78 Å². The third-order valence-electron chi connectivity index (χ3n) is 12.4. The highest BCUT2D eigenvalue weighted by molar-refractivity contribution is 5.82. The molecule has 0 bridgehead atoms. The number of rotatable bonds is 1. The van der Waals surface area contributed by atoms with Crippen LogP contribution in [-0.4, -0.2) is 19.0 Å². The Morgan fingerprint density at radius 1 is 0.844 bits per heavy atom. The zero-order chi connectivity index (χ0) is 23.1. The average Bonchev–Trinajstić information content (AvgIpc) is 2.88. The van der Waals surface area contributed by atoms with Crippen molar-refractivity contribution in [2.24, 2.45) is 51.2 Å². The number of hydrogen-bond acceptors (Lipinski definition) is 2. The first kappa shape index (κ1) is 23.1. The second kappa shape index (κ2) is 7.43. The molecule has 0 aromatic rings. The van der Waals surface area contributed by atoms with E-state index in [1.807, 2.05) is 7.11 Å². The molecule has 180 valence electrons. The lowest BCUT2D eigenvalue weighted by atomic mass is 9.42. The zero-order valence-corrected chi connectivity index (χ0v) is 21.9. The largest absolute Gasteiger partial charge is 0.381 e. The van der Waals surface area contributed by atoms with E-state index >= 15 is 0 Å². The van der Waals surface area contributed by atoms with Gasteiger partial charge in [0.2, 0.25) is 0 Å². The highest BCUT2D eigenvalue weighted by Gasteiger charge is 2.61. The number of ketones is 1. The summed E-state index contributed by atoms with van der Waals surface area (Å²) in [7, 11) is 1.93. The molecule has 0 aliphatic heterocycles. The molecule has 0 N–H and O–H groups in total. The quantitative estimate of drug-likeness (QED) is 0.392. The van der Waals surface area contributed by atoms with Crippen molar-refractivity contribution in [1.82, 2.24) is 0 Å². The number of allylic oxidation sites excluding steroid dienone is 2. The van der Waals surface area contributed by atoms with Gasteiger partial charge >= 0.3 is 0 Å². The number of fused-ring (bicyclic) bond motifs is 6. The minimum Gasteiger partial charge on any atom is -0.381 e. The molecule has 0 saturated heterocycles. The smallest absolute Gasteiger partial charge is 0.136 e. The van der Waals surface area contributed by atoms with Gasteiger partial charge in [0.1, 0.15) is 5.78 Å². The Morgan fingerprint density at radius 2 is 1.59 bits per heavy atom. The van der Waals surface area contributed by atoms with Gasteiger partial charge in [-0.3, -0.25) is 4.79 Å². The summed E-state index contributed by atoms with van der Waals surface area (Å²) in [5, 5.41) is 0.